The minimum atomic E-state index is -1.13. The monoisotopic (exact) mass is 449 g/mol. The van der Waals surface area contributed by atoms with E-state index in [0.29, 0.717) is 11.1 Å². The Labute approximate surface area is 192 Å². The number of nitrogens with one attached hydrogen (secondary N) is 1. The average molecular weight is 450 g/mol. The zero-order chi connectivity index (χ0) is 23.1. The summed E-state index contributed by atoms with van der Waals surface area (Å²) in [5, 5.41) is 2.98. The van der Waals surface area contributed by atoms with Crippen molar-refractivity contribution >= 4 is 29.3 Å². The molecule has 1 unspecified atom stereocenters. The lowest BCUT2D eigenvalue weighted by Crippen LogP contribution is -2.46. The van der Waals surface area contributed by atoms with Gasteiger partial charge in [0.15, 0.2) is 6.10 Å². The third-order valence-electron chi connectivity index (χ3n) is 4.96. The van der Waals surface area contributed by atoms with Gasteiger partial charge in [0.05, 0.1) is 10.6 Å². The number of carbonyl (C=O) groups is 3. The highest BCUT2D eigenvalue weighted by Gasteiger charge is 2.32. The van der Waals surface area contributed by atoms with Gasteiger partial charge in [-0.2, -0.15) is 0 Å². The van der Waals surface area contributed by atoms with E-state index < -0.39 is 24.0 Å². The summed E-state index contributed by atoms with van der Waals surface area (Å²) in [4.78, 5) is 39.0. The quantitative estimate of drug-likeness (QED) is 0.376. The lowest BCUT2D eigenvalue weighted by Gasteiger charge is -2.24. The van der Waals surface area contributed by atoms with E-state index in [1.54, 1.807) is 92.7 Å². The zero-order valence-corrected chi connectivity index (χ0v) is 18.6. The number of hydrogen-bond donors (Lipinski definition) is 1. The van der Waals surface area contributed by atoms with Gasteiger partial charge in [0.2, 0.25) is 5.78 Å². The van der Waals surface area contributed by atoms with Gasteiger partial charge >= 0.3 is 5.97 Å². The molecule has 0 fully saturated rings. The van der Waals surface area contributed by atoms with Crippen LogP contribution in [0.25, 0.3) is 0 Å². The van der Waals surface area contributed by atoms with Gasteiger partial charge in [0.1, 0.15) is 6.04 Å². The summed E-state index contributed by atoms with van der Waals surface area (Å²) >= 11 is 6.11. The van der Waals surface area contributed by atoms with E-state index in [1.807, 2.05) is 6.07 Å². The maximum Gasteiger partial charge on any atom is 0.329 e. The van der Waals surface area contributed by atoms with Crippen LogP contribution in [0.3, 0.4) is 0 Å². The van der Waals surface area contributed by atoms with Gasteiger partial charge < -0.3 is 10.1 Å². The van der Waals surface area contributed by atoms with E-state index in [-0.39, 0.29) is 22.3 Å². The van der Waals surface area contributed by atoms with Crippen molar-refractivity contribution in [2.75, 3.05) is 0 Å². The standard InChI is InChI=1S/C26H24ClNO4/c1-17(2)22(28-25(30)20-15-9-10-16-21(20)27)26(31)32-24(19-13-7-4-8-14-19)23(29)18-11-5-3-6-12-18/h3-17,22,24H,1-2H3,(H,28,30)/t22-,24?/m1/s1. The maximum absolute atomic E-state index is 13.2. The summed E-state index contributed by atoms with van der Waals surface area (Å²) in [6, 6.07) is 23.1. The molecule has 0 aliphatic rings. The number of Topliss-reactive ketones (excluding diaryl/α,β-unsaturated/α-hetero) is 1. The van der Waals surface area contributed by atoms with Crippen molar-refractivity contribution in [3.05, 3.63) is 107 Å². The Balaban J connectivity index is 1.85. The minimum absolute atomic E-state index is 0.257. The SMILES string of the molecule is CC(C)[C@@H](NC(=O)c1ccccc1Cl)C(=O)OC(C(=O)c1ccccc1)c1ccccc1. The molecule has 5 nitrogen and oxygen atoms in total. The van der Waals surface area contributed by atoms with Crippen LogP contribution in [0, 0.1) is 5.92 Å². The number of esters is 1. The summed E-state index contributed by atoms with van der Waals surface area (Å²) in [6.45, 7) is 3.57. The highest BCUT2D eigenvalue weighted by Crippen LogP contribution is 2.24. The second-order valence-electron chi connectivity index (χ2n) is 7.63. The van der Waals surface area contributed by atoms with Crippen LogP contribution in [0.5, 0.6) is 0 Å². The molecule has 0 aliphatic carbocycles. The molecule has 0 radical (unpaired) electrons. The maximum atomic E-state index is 13.2. The Morgan fingerprint density at radius 2 is 1.38 bits per heavy atom. The molecular weight excluding hydrogens is 426 g/mol. The number of carbonyl (C=O) groups excluding carboxylic acids is 3. The molecule has 1 N–H and O–H groups in total. The summed E-state index contributed by atoms with van der Waals surface area (Å²) in [5.74, 6) is -1.81. The van der Waals surface area contributed by atoms with E-state index in [4.69, 9.17) is 16.3 Å². The van der Waals surface area contributed by atoms with Crippen molar-refractivity contribution < 1.29 is 19.1 Å². The summed E-state index contributed by atoms with van der Waals surface area (Å²) in [6.07, 6.45) is -1.13. The second-order valence-corrected chi connectivity index (χ2v) is 8.04. The molecule has 3 aromatic carbocycles. The van der Waals surface area contributed by atoms with Crippen molar-refractivity contribution in [1.29, 1.82) is 0 Å². The van der Waals surface area contributed by atoms with Crippen LogP contribution in [-0.2, 0) is 9.53 Å². The zero-order valence-electron chi connectivity index (χ0n) is 17.8. The van der Waals surface area contributed by atoms with Crippen molar-refractivity contribution in [1.82, 2.24) is 5.32 Å². The van der Waals surface area contributed by atoms with Gasteiger partial charge in [0.25, 0.3) is 5.91 Å². The van der Waals surface area contributed by atoms with Crippen LogP contribution >= 0.6 is 11.6 Å². The van der Waals surface area contributed by atoms with Crippen LogP contribution in [0.1, 0.15) is 46.2 Å². The number of ketones is 1. The van der Waals surface area contributed by atoms with Gasteiger partial charge in [-0.1, -0.05) is 98.2 Å². The highest BCUT2D eigenvalue weighted by atomic mass is 35.5. The molecular formula is C26H24ClNO4. The molecule has 3 rings (SSSR count). The lowest BCUT2D eigenvalue weighted by molar-refractivity contribution is -0.150. The third-order valence-corrected chi connectivity index (χ3v) is 5.29. The first-order valence-electron chi connectivity index (χ1n) is 10.3. The van der Waals surface area contributed by atoms with Crippen LogP contribution in [0.4, 0.5) is 0 Å². The van der Waals surface area contributed by atoms with Crippen LogP contribution in [0.2, 0.25) is 5.02 Å². The highest BCUT2D eigenvalue weighted by molar-refractivity contribution is 6.33. The predicted molar refractivity (Wildman–Crippen MR) is 124 cm³/mol. The number of hydrogen-bond acceptors (Lipinski definition) is 4. The summed E-state index contributed by atoms with van der Waals surface area (Å²) in [5.41, 5.74) is 1.23. The molecule has 0 bridgehead atoms. The van der Waals surface area contributed by atoms with Crippen molar-refractivity contribution in [2.24, 2.45) is 5.92 Å². The molecule has 0 saturated carbocycles. The van der Waals surface area contributed by atoms with Gasteiger partial charge in [-0.25, -0.2) is 4.79 Å². The number of benzene rings is 3. The second kappa shape index (κ2) is 10.7. The fourth-order valence-corrected chi connectivity index (χ4v) is 3.43. The molecule has 0 aliphatic heterocycles. The van der Waals surface area contributed by atoms with Gasteiger partial charge in [-0.05, 0) is 18.1 Å². The third kappa shape index (κ3) is 5.62. The van der Waals surface area contributed by atoms with E-state index in [0.717, 1.165) is 0 Å². The number of ether oxygens (including phenoxy) is 1. The largest absolute Gasteiger partial charge is 0.447 e. The molecule has 0 saturated heterocycles. The normalized spacial score (nSPS) is 12.6. The molecule has 0 aromatic heterocycles. The Hall–Kier alpha value is -3.44. The van der Waals surface area contributed by atoms with E-state index in [9.17, 15) is 14.4 Å². The Kier molecular flexibility index (Phi) is 7.79. The molecule has 3 aromatic rings. The molecule has 6 heteroatoms. The van der Waals surface area contributed by atoms with E-state index in [2.05, 4.69) is 5.32 Å². The van der Waals surface area contributed by atoms with Crippen molar-refractivity contribution in [2.45, 2.75) is 26.0 Å². The molecule has 0 spiro atoms. The first-order valence-corrected chi connectivity index (χ1v) is 10.7. The number of halogens is 1. The predicted octanol–water partition coefficient (Wildman–Crippen LogP) is 5.26. The molecule has 2 atom stereocenters. The first kappa shape index (κ1) is 23.2. The van der Waals surface area contributed by atoms with Crippen LogP contribution < -0.4 is 5.32 Å². The molecule has 1 amide bonds. The summed E-state index contributed by atoms with van der Waals surface area (Å²) < 4.78 is 5.71. The first-order chi connectivity index (χ1) is 15.4. The number of rotatable bonds is 8. The summed E-state index contributed by atoms with van der Waals surface area (Å²) in [7, 11) is 0. The Morgan fingerprint density at radius 1 is 0.812 bits per heavy atom. The smallest absolute Gasteiger partial charge is 0.329 e. The minimum Gasteiger partial charge on any atom is -0.447 e. The van der Waals surface area contributed by atoms with Crippen molar-refractivity contribution in [3.63, 3.8) is 0 Å². The Morgan fingerprint density at radius 3 is 1.97 bits per heavy atom. The number of amides is 1. The topological polar surface area (TPSA) is 72.5 Å². The van der Waals surface area contributed by atoms with Gasteiger partial charge in [-0.3, -0.25) is 9.59 Å². The van der Waals surface area contributed by atoms with Gasteiger partial charge in [0, 0.05) is 11.1 Å². The fourth-order valence-electron chi connectivity index (χ4n) is 3.21. The van der Waals surface area contributed by atoms with E-state index >= 15 is 0 Å². The molecule has 164 valence electrons. The average Bonchev–Trinajstić information content (AvgIpc) is 2.81. The fraction of sp³-hybridized carbons (Fsp3) is 0.192. The van der Waals surface area contributed by atoms with Gasteiger partial charge in [-0.15, -0.1) is 0 Å². The van der Waals surface area contributed by atoms with Crippen LogP contribution in [0.15, 0.2) is 84.9 Å². The van der Waals surface area contributed by atoms with Crippen molar-refractivity contribution in [3.8, 4) is 0 Å². The molecule has 0 heterocycles. The Bertz CT molecular complexity index is 1080. The lowest BCUT2D eigenvalue weighted by atomic mass is 9.99. The molecule has 32 heavy (non-hydrogen) atoms. The van der Waals surface area contributed by atoms with Crippen LogP contribution in [-0.4, -0.2) is 23.7 Å². The van der Waals surface area contributed by atoms with E-state index in [1.165, 1.54) is 0 Å².